The minimum Gasteiger partial charge on any atom is -0.507 e. The minimum absolute atomic E-state index is 0.00541. The highest BCUT2D eigenvalue weighted by Crippen LogP contribution is 2.47. The maximum atomic E-state index is 13.6. The van der Waals surface area contributed by atoms with E-state index in [2.05, 4.69) is 15.6 Å². The summed E-state index contributed by atoms with van der Waals surface area (Å²) in [6.07, 6.45) is 0. The van der Waals surface area contributed by atoms with Crippen molar-refractivity contribution in [3.63, 3.8) is 0 Å². The Morgan fingerprint density at radius 2 is 1.15 bits per heavy atom. The topological polar surface area (TPSA) is 326 Å². The van der Waals surface area contributed by atoms with E-state index in [0.717, 1.165) is 18.2 Å². The van der Waals surface area contributed by atoms with Crippen molar-refractivity contribution < 1.29 is 58.7 Å². The number of pyridine rings is 2. The van der Waals surface area contributed by atoms with Gasteiger partial charge in [0.25, 0.3) is 0 Å². The standard InChI is InChI=1S/C63H39Cl2N5O14/c64-43-20-39-52(22-50(43)73)83-58-35(11-14-45(66)41(58)24-67-46-3-1-2-27-6-15-48(63(81)82)70-56(27)46)54(39)32-8-4-28(18-38(32)62(79)80)31-12-16-47(57-33(31)10-7-30(26-71)69-57)68-25-42-49(72)17-13-36-55(37-19-29(60(75)76)5-9-34(37)61(77)78)40-21-44(65)51(74)23-53(40)84-59(36)42/h1-23,67-68,71-72H,24-26,66H2,(H,75,76)(H,77,78)(H,79,80)(H,81,82). The number of nitrogens with two attached hydrogens (primary N) is 1. The normalized spacial score (nSPS) is 11.5. The van der Waals surface area contributed by atoms with Gasteiger partial charge in [0.05, 0.1) is 67.0 Å². The fraction of sp³-hybridized carbons (Fsp3) is 0.0476. The number of nitrogens with zero attached hydrogens (tertiary/aromatic N) is 2. The molecule has 0 fully saturated rings. The molecule has 0 unspecified atom stereocenters. The predicted octanol–water partition coefficient (Wildman–Crippen LogP) is 12.3. The number of aliphatic hydroxyl groups excluding tert-OH is 1. The third-order valence-corrected chi connectivity index (χ3v) is 15.2. The Bertz CT molecular complexity index is 4920. The number of nitrogen functional groups attached to an aromatic ring is 1. The van der Waals surface area contributed by atoms with Gasteiger partial charge in [-0.15, -0.1) is 0 Å². The van der Waals surface area contributed by atoms with Crippen LogP contribution in [-0.4, -0.2) is 64.5 Å². The van der Waals surface area contributed by atoms with Crippen molar-refractivity contribution in [1.29, 1.82) is 0 Å². The van der Waals surface area contributed by atoms with Crippen molar-refractivity contribution >= 4 is 108 Å². The first-order valence-electron chi connectivity index (χ1n) is 25.4. The molecular formula is C63H39Cl2N5O14. The molecule has 21 heteroatoms. The quantitative estimate of drug-likeness (QED) is 0.0361. The number of carboxylic acids is 4. The molecule has 12 rings (SSSR count). The second-order valence-electron chi connectivity index (χ2n) is 19.5. The summed E-state index contributed by atoms with van der Waals surface area (Å²) in [6.45, 7) is -0.642. The maximum Gasteiger partial charge on any atom is 0.354 e. The van der Waals surface area contributed by atoms with Crippen molar-refractivity contribution in [2.75, 3.05) is 16.4 Å². The highest BCUT2D eigenvalue weighted by atomic mass is 35.5. The van der Waals surface area contributed by atoms with Crippen LogP contribution >= 0.6 is 23.2 Å². The van der Waals surface area contributed by atoms with E-state index in [1.54, 1.807) is 72.8 Å². The number of aromatic carboxylic acids is 4. The molecule has 2 aromatic heterocycles. The van der Waals surface area contributed by atoms with E-state index in [4.69, 9.17) is 42.8 Å². The first kappa shape index (κ1) is 53.8. The minimum atomic E-state index is -1.38. The van der Waals surface area contributed by atoms with Crippen molar-refractivity contribution in [2.45, 2.75) is 19.7 Å². The van der Waals surface area contributed by atoms with Gasteiger partial charge in [-0.25, -0.2) is 29.1 Å². The van der Waals surface area contributed by atoms with Gasteiger partial charge in [-0.3, -0.25) is 9.59 Å². The number of hydrogen-bond donors (Lipinski definition) is 9. The van der Waals surface area contributed by atoms with Crippen molar-refractivity contribution in [1.82, 2.24) is 9.97 Å². The number of aliphatic hydroxyl groups is 1. The van der Waals surface area contributed by atoms with Crippen LogP contribution in [0.1, 0.15) is 58.4 Å². The number of aromatic hydroxyl groups is 1. The summed E-state index contributed by atoms with van der Waals surface area (Å²) < 4.78 is 12.8. The highest BCUT2D eigenvalue weighted by Gasteiger charge is 2.29. The monoisotopic (exact) mass is 1160 g/mol. The van der Waals surface area contributed by atoms with E-state index >= 15 is 0 Å². The summed E-state index contributed by atoms with van der Waals surface area (Å²) in [5, 5.41) is 71.0. The Hall–Kier alpha value is -10.9. The molecule has 2 aliphatic heterocycles. The van der Waals surface area contributed by atoms with Gasteiger partial charge in [0.2, 0.25) is 10.9 Å². The summed E-state index contributed by atoms with van der Waals surface area (Å²) in [4.78, 5) is 85.6. The zero-order valence-electron chi connectivity index (χ0n) is 43.1. The maximum absolute atomic E-state index is 13.6. The van der Waals surface area contributed by atoms with Gasteiger partial charge >= 0.3 is 23.9 Å². The molecule has 4 aliphatic rings. The molecule has 6 aromatic carbocycles. The van der Waals surface area contributed by atoms with Crippen LogP contribution in [0.3, 0.4) is 0 Å². The number of para-hydroxylation sites is 1. The molecule has 0 spiro atoms. The molecule has 0 atom stereocenters. The van der Waals surface area contributed by atoms with E-state index in [1.165, 1.54) is 48.5 Å². The van der Waals surface area contributed by atoms with Crippen molar-refractivity contribution in [3.05, 3.63) is 209 Å². The molecule has 2 aliphatic carbocycles. The molecule has 0 amide bonds. The van der Waals surface area contributed by atoms with E-state index < -0.39 is 41.3 Å². The molecule has 414 valence electrons. The fourth-order valence-electron chi connectivity index (χ4n) is 10.7. The zero-order chi connectivity index (χ0) is 59.0. The largest absolute Gasteiger partial charge is 0.507 e. The number of hydrogen-bond acceptors (Lipinski definition) is 15. The summed E-state index contributed by atoms with van der Waals surface area (Å²) in [7, 11) is 0. The number of phenols is 1. The Balaban J connectivity index is 0.965. The van der Waals surface area contributed by atoms with Gasteiger partial charge in [-0.2, -0.15) is 0 Å². The van der Waals surface area contributed by atoms with Crippen LogP contribution in [0.5, 0.6) is 5.75 Å². The van der Waals surface area contributed by atoms with Crippen LogP contribution in [0.4, 0.5) is 17.1 Å². The number of carbonyl (C=O) groups is 4. The molecule has 0 saturated carbocycles. The molecule has 0 radical (unpaired) electrons. The molecule has 8 aromatic rings. The summed E-state index contributed by atoms with van der Waals surface area (Å²) in [5.74, 6) is -5.47. The summed E-state index contributed by atoms with van der Waals surface area (Å²) in [6, 6.07) is 34.6. The van der Waals surface area contributed by atoms with Gasteiger partial charge in [0, 0.05) is 80.3 Å². The lowest BCUT2D eigenvalue weighted by Crippen LogP contribution is -2.08. The SMILES string of the molecule is Nc1ccc2c(-c3ccc(-c4ccc(NCc5c(O)ccc6c(-c7cc(C(=O)O)ccc7C(=O)O)c7cc(Cl)c(=O)cc-7oc56)c5nc(CO)ccc45)cc3C(=O)O)c3cc(Cl)c(=O)cc-3oc2c1CNc1cccc2ccc(C(=O)O)nc12. The fourth-order valence-corrected chi connectivity index (χ4v) is 11.0. The lowest BCUT2D eigenvalue weighted by molar-refractivity contribution is 0.0682. The number of aromatic nitrogens is 2. The first-order chi connectivity index (χ1) is 40.4. The Morgan fingerprint density at radius 3 is 1.81 bits per heavy atom. The molecule has 84 heavy (non-hydrogen) atoms. The van der Waals surface area contributed by atoms with Crippen LogP contribution in [0.25, 0.3) is 99.8 Å². The highest BCUT2D eigenvalue weighted by molar-refractivity contribution is 6.31. The predicted molar refractivity (Wildman–Crippen MR) is 316 cm³/mol. The molecule has 0 bridgehead atoms. The van der Waals surface area contributed by atoms with Crippen molar-refractivity contribution in [3.8, 4) is 61.8 Å². The second-order valence-corrected chi connectivity index (χ2v) is 20.3. The van der Waals surface area contributed by atoms with Gasteiger partial charge in [-0.1, -0.05) is 65.7 Å². The van der Waals surface area contributed by atoms with E-state index in [9.17, 15) is 59.4 Å². The van der Waals surface area contributed by atoms with Gasteiger partial charge in [0.1, 0.15) is 34.1 Å². The summed E-state index contributed by atoms with van der Waals surface area (Å²) >= 11 is 12.8. The van der Waals surface area contributed by atoms with Crippen LogP contribution in [0.15, 0.2) is 158 Å². The van der Waals surface area contributed by atoms with E-state index in [0.29, 0.717) is 66.4 Å². The number of phenolic OH excluding ortho intramolecular Hbond substituents is 1. The third-order valence-electron chi connectivity index (χ3n) is 14.6. The average Bonchev–Trinajstić information content (AvgIpc) is 1.05. The number of anilines is 3. The number of fused-ring (bicyclic) bond motifs is 6. The number of rotatable bonds is 14. The van der Waals surface area contributed by atoms with E-state index in [1.807, 2.05) is 0 Å². The second kappa shape index (κ2) is 20.9. The van der Waals surface area contributed by atoms with Crippen LogP contribution < -0.4 is 27.2 Å². The van der Waals surface area contributed by atoms with Gasteiger partial charge in [0.15, 0.2) is 0 Å². The van der Waals surface area contributed by atoms with Crippen molar-refractivity contribution in [2.24, 2.45) is 0 Å². The average molecular weight is 1160 g/mol. The lowest BCUT2D eigenvalue weighted by atomic mass is 9.87. The molecule has 0 saturated heterocycles. The number of benzene rings is 8. The van der Waals surface area contributed by atoms with Gasteiger partial charge in [-0.05, 0) is 107 Å². The Morgan fingerprint density at radius 1 is 0.536 bits per heavy atom. The van der Waals surface area contributed by atoms with Crippen LogP contribution in [0, 0.1) is 0 Å². The first-order valence-corrected chi connectivity index (χ1v) is 26.1. The van der Waals surface area contributed by atoms with Crippen LogP contribution in [0.2, 0.25) is 10.0 Å². The zero-order valence-corrected chi connectivity index (χ0v) is 44.6. The lowest BCUT2D eigenvalue weighted by Gasteiger charge is -2.21. The number of halogens is 2. The molecule has 19 nitrogen and oxygen atoms in total. The summed E-state index contributed by atoms with van der Waals surface area (Å²) in [5.41, 5.74) is 9.71. The van der Waals surface area contributed by atoms with Gasteiger partial charge < -0.3 is 55.8 Å². The molecule has 4 heterocycles. The Labute approximate surface area is 481 Å². The number of nitrogens with one attached hydrogen (secondary N) is 2. The molecular weight excluding hydrogens is 1120 g/mol. The van der Waals surface area contributed by atoms with E-state index in [-0.39, 0.29) is 119 Å². The van der Waals surface area contributed by atoms with Crippen LogP contribution in [-0.2, 0) is 19.7 Å². The third kappa shape index (κ3) is 9.29. The number of carboxylic acid groups (broad SMARTS) is 4. The Kier molecular flexibility index (Phi) is 13.4. The molecule has 10 N–H and O–H groups in total. The smallest absolute Gasteiger partial charge is 0.354 e.